The first-order chi connectivity index (χ1) is 12.9. The van der Waals surface area contributed by atoms with Gasteiger partial charge in [-0.15, -0.1) is 0 Å². The van der Waals surface area contributed by atoms with Crippen molar-refractivity contribution in [2.45, 2.75) is 0 Å². The number of thioether (sulfide) groups is 1. The van der Waals surface area contributed by atoms with Crippen LogP contribution in [0.25, 0.3) is 6.08 Å². The van der Waals surface area contributed by atoms with Gasteiger partial charge in [-0.25, -0.2) is 0 Å². The molecule has 1 saturated heterocycles. The molecular weight excluding hydrogens is 392 g/mol. The number of benzene rings is 2. The topological polar surface area (TPSA) is 105 Å². The van der Waals surface area contributed by atoms with E-state index in [0.717, 1.165) is 11.8 Å². The smallest absolute Gasteiger partial charge is 0.290 e. The number of nitrogens with one attached hydrogen (secondary N) is 2. The van der Waals surface area contributed by atoms with Gasteiger partial charge in [0, 0.05) is 16.3 Å². The number of ether oxygens (including phenoxy) is 1. The summed E-state index contributed by atoms with van der Waals surface area (Å²) in [7, 11) is 0. The SMILES string of the molecule is O=C(COc1ccc(Cl)cc1/C=C1\SC(=O)NC1=O)Nc1ccc(O)cc1. The van der Waals surface area contributed by atoms with Gasteiger partial charge in [-0.1, -0.05) is 11.6 Å². The van der Waals surface area contributed by atoms with Gasteiger partial charge in [-0.2, -0.15) is 0 Å². The van der Waals surface area contributed by atoms with Crippen molar-refractivity contribution in [1.29, 1.82) is 0 Å². The molecule has 0 unspecified atom stereocenters. The second-order valence-electron chi connectivity index (χ2n) is 5.42. The van der Waals surface area contributed by atoms with Gasteiger partial charge >= 0.3 is 0 Å². The lowest BCUT2D eigenvalue weighted by molar-refractivity contribution is -0.118. The summed E-state index contributed by atoms with van der Waals surface area (Å²) in [6.07, 6.45) is 1.48. The van der Waals surface area contributed by atoms with Crippen molar-refractivity contribution >= 4 is 52.2 Å². The highest BCUT2D eigenvalue weighted by Crippen LogP contribution is 2.30. The number of carbonyl (C=O) groups is 3. The number of phenols is 1. The molecule has 9 heteroatoms. The minimum absolute atomic E-state index is 0.0930. The molecule has 27 heavy (non-hydrogen) atoms. The van der Waals surface area contributed by atoms with Crippen molar-refractivity contribution in [2.24, 2.45) is 0 Å². The summed E-state index contributed by atoms with van der Waals surface area (Å²) in [5.41, 5.74) is 0.977. The van der Waals surface area contributed by atoms with Gasteiger partial charge in [0.25, 0.3) is 17.1 Å². The first-order valence-corrected chi connectivity index (χ1v) is 8.86. The van der Waals surface area contributed by atoms with E-state index in [9.17, 15) is 19.5 Å². The number of imide groups is 1. The standard InChI is InChI=1S/C18H13ClN2O5S/c19-11-1-6-14(10(7-11)8-15-17(24)21-18(25)27-15)26-9-16(23)20-12-2-4-13(22)5-3-12/h1-8,22H,9H2,(H,20,23)(H,21,24,25)/b15-8-. The number of rotatable bonds is 5. The molecule has 0 saturated carbocycles. The van der Waals surface area contributed by atoms with Crippen molar-refractivity contribution in [3.63, 3.8) is 0 Å². The number of aromatic hydroxyl groups is 1. The van der Waals surface area contributed by atoms with Crippen LogP contribution in [0, 0.1) is 0 Å². The summed E-state index contributed by atoms with van der Waals surface area (Å²) in [4.78, 5) is 35.2. The second kappa shape index (κ2) is 8.15. The zero-order chi connectivity index (χ0) is 19.4. The van der Waals surface area contributed by atoms with E-state index in [1.807, 2.05) is 0 Å². The van der Waals surface area contributed by atoms with Gasteiger partial charge < -0.3 is 15.2 Å². The second-order valence-corrected chi connectivity index (χ2v) is 6.87. The Kier molecular flexibility index (Phi) is 5.68. The third-order valence-electron chi connectivity index (χ3n) is 3.41. The molecule has 3 amide bonds. The molecule has 0 aliphatic carbocycles. The Morgan fingerprint density at radius 2 is 1.96 bits per heavy atom. The van der Waals surface area contributed by atoms with Crippen LogP contribution in [0.4, 0.5) is 10.5 Å². The molecule has 1 fully saturated rings. The molecule has 0 spiro atoms. The van der Waals surface area contributed by atoms with E-state index in [4.69, 9.17) is 16.3 Å². The Morgan fingerprint density at radius 3 is 2.63 bits per heavy atom. The molecular formula is C18H13ClN2O5S. The van der Waals surface area contributed by atoms with E-state index in [-0.39, 0.29) is 17.3 Å². The molecule has 2 aromatic rings. The predicted molar refractivity (Wildman–Crippen MR) is 103 cm³/mol. The Balaban J connectivity index is 1.70. The molecule has 0 bridgehead atoms. The van der Waals surface area contributed by atoms with Crippen LogP contribution in [-0.2, 0) is 9.59 Å². The Hall–Kier alpha value is -2.97. The maximum absolute atomic E-state index is 12.0. The number of anilines is 1. The zero-order valence-corrected chi connectivity index (χ0v) is 15.3. The average Bonchev–Trinajstić information content (AvgIpc) is 2.93. The Labute approximate surface area is 163 Å². The van der Waals surface area contributed by atoms with Gasteiger partial charge in [0.1, 0.15) is 11.5 Å². The molecule has 1 aliphatic rings. The van der Waals surface area contributed by atoms with Gasteiger partial charge in [0.2, 0.25) is 0 Å². The monoisotopic (exact) mass is 404 g/mol. The van der Waals surface area contributed by atoms with Crippen LogP contribution in [0.3, 0.4) is 0 Å². The molecule has 0 atom stereocenters. The largest absolute Gasteiger partial charge is 0.508 e. The first-order valence-electron chi connectivity index (χ1n) is 7.67. The van der Waals surface area contributed by atoms with Crippen LogP contribution in [0.5, 0.6) is 11.5 Å². The predicted octanol–water partition coefficient (Wildman–Crippen LogP) is 3.39. The fraction of sp³-hybridized carbons (Fsp3) is 0.0556. The summed E-state index contributed by atoms with van der Waals surface area (Å²) in [5, 5.41) is 14.0. The molecule has 3 rings (SSSR count). The lowest BCUT2D eigenvalue weighted by atomic mass is 10.2. The number of amides is 3. The van der Waals surface area contributed by atoms with E-state index in [0.29, 0.717) is 22.0 Å². The van der Waals surface area contributed by atoms with Crippen molar-refractivity contribution < 1.29 is 24.2 Å². The first kappa shape index (κ1) is 18.8. The zero-order valence-electron chi connectivity index (χ0n) is 13.7. The Bertz CT molecular complexity index is 943. The number of phenolic OH excluding ortho intramolecular Hbond substituents is 1. The van der Waals surface area contributed by atoms with Crippen LogP contribution in [0.2, 0.25) is 5.02 Å². The van der Waals surface area contributed by atoms with Crippen molar-refractivity contribution in [2.75, 3.05) is 11.9 Å². The van der Waals surface area contributed by atoms with Crippen molar-refractivity contribution in [3.8, 4) is 11.5 Å². The quantitative estimate of drug-likeness (QED) is 0.521. The number of hydrogen-bond acceptors (Lipinski definition) is 6. The fourth-order valence-corrected chi connectivity index (χ4v) is 3.06. The van der Waals surface area contributed by atoms with Gasteiger partial charge in [0.05, 0.1) is 4.91 Å². The molecule has 138 valence electrons. The van der Waals surface area contributed by atoms with Crippen molar-refractivity contribution in [1.82, 2.24) is 5.32 Å². The third kappa shape index (κ3) is 5.02. The third-order valence-corrected chi connectivity index (χ3v) is 4.46. The summed E-state index contributed by atoms with van der Waals surface area (Å²) in [6.45, 7) is -0.281. The average molecular weight is 405 g/mol. The highest BCUT2D eigenvalue weighted by molar-refractivity contribution is 8.18. The van der Waals surface area contributed by atoms with Crippen LogP contribution in [-0.4, -0.2) is 28.8 Å². The highest BCUT2D eigenvalue weighted by atomic mass is 35.5. The molecule has 1 heterocycles. The van der Waals surface area contributed by atoms with E-state index in [1.54, 1.807) is 30.3 Å². The Morgan fingerprint density at radius 1 is 1.22 bits per heavy atom. The highest BCUT2D eigenvalue weighted by Gasteiger charge is 2.25. The van der Waals surface area contributed by atoms with Gasteiger partial charge in [0.15, 0.2) is 6.61 Å². The lowest BCUT2D eigenvalue weighted by Gasteiger charge is -2.10. The molecule has 0 radical (unpaired) electrons. The van der Waals surface area contributed by atoms with Crippen LogP contribution < -0.4 is 15.4 Å². The minimum atomic E-state index is -0.499. The molecule has 2 aromatic carbocycles. The summed E-state index contributed by atoms with van der Waals surface area (Å²) in [5.74, 6) is -0.477. The summed E-state index contributed by atoms with van der Waals surface area (Å²) < 4.78 is 5.53. The fourth-order valence-electron chi connectivity index (χ4n) is 2.21. The maximum atomic E-state index is 12.0. The number of hydrogen-bond donors (Lipinski definition) is 3. The molecule has 1 aliphatic heterocycles. The number of carbonyl (C=O) groups excluding carboxylic acids is 3. The summed E-state index contributed by atoms with van der Waals surface area (Å²) in [6, 6.07) is 10.7. The van der Waals surface area contributed by atoms with Crippen LogP contribution in [0.1, 0.15) is 5.56 Å². The normalized spacial score (nSPS) is 14.9. The minimum Gasteiger partial charge on any atom is -0.508 e. The molecule has 0 aromatic heterocycles. The number of halogens is 1. The van der Waals surface area contributed by atoms with E-state index >= 15 is 0 Å². The van der Waals surface area contributed by atoms with Gasteiger partial charge in [-0.3, -0.25) is 19.7 Å². The van der Waals surface area contributed by atoms with Crippen molar-refractivity contribution in [3.05, 3.63) is 58.0 Å². The van der Waals surface area contributed by atoms with E-state index in [1.165, 1.54) is 18.2 Å². The molecule has 3 N–H and O–H groups in total. The van der Waals surface area contributed by atoms with E-state index in [2.05, 4.69) is 10.6 Å². The van der Waals surface area contributed by atoms with Crippen LogP contribution >= 0.6 is 23.4 Å². The summed E-state index contributed by atoms with van der Waals surface area (Å²) >= 11 is 6.76. The van der Waals surface area contributed by atoms with E-state index < -0.39 is 17.1 Å². The van der Waals surface area contributed by atoms with Gasteiger partial charge in [-0.05, 0) is 60.3 Å². The lowest BCUT2D eigenvalue weighted by Crippen LogP contribution is -2.20. The maximum Gasteiger partial charge on any atom is 0.290 e. The molecule has 7 nitrogen and oxygen atoms in total. The van der Waals surface area contributed by atoms with Crippen LogP contribution in [0.15, 0.2) is 47.4 Å².